The van der Waals surface area contributed by atoms with Crippen LogP contribution in [0.25, 0.3) is 17.2 Å². The Balaban J connectivity index is 1.31. The average molecular weight is 547 g/mol. The van der Waals surface area contributed by atoms with Crippen LogP contribution in [0.1, 0.15) is 55.6 Å². The summed E-state index contributed by atoms with van der Waals surface area (Å²) in [7, 11) is 0. The Kier molecular flexibility index (Phi) is 6.53. The molecule has 207 valence electrons. The third kappa shape index (κ3) is 4.32. The van der Waals surface area contributed by atoms with Crippen molar-refractivity contribution in [2.45, 2.75) is 50.9 Å². The molecule has 0 amide bonds. The first kappa shape index (κ1) is 25.7. The number of nitrogens with zero attached hydrogens (tertiary/aromatic N) is 3. The van der Waals surface area contributed by atoms with E-state index < -0.39 is 0 Å². The molecule has 1 radical (unpaired) electrons. The minimum Gasteiger partial charge on any atom is -0.303 e. The zero-order chi connectivity index (χ0) is 28.0. The fraction of sp³-hybridized carbons (Fsp3) is 0.333. The van der Waals surface area contributed by atoms with Gasteiger partial charge in [-0.2, -0.15) is 0 Å². The summed E-state index contributed by atoms with van der Waals surface area (Å²) >= 11 is 0. The number of fused-ring (bicyclic) bond motifs is 6. The molecule has 2 atom stereocenters. The second kappa shape index (κ2) is 10.7. The van der Waals surface area contributed by atoms with Crippen LogP contribution in [-0.4, -0.2) is 36.8 Å². The lowest BCUT2D eigenvalue weighted by Gasteiger charge is -2.31. The monoisotopic (exact) mass is 546 g/mol. The first-order valence-corrected chi connectivity index (χ1v) is 15.8. The number of hydrogen-bond acceptors (Lipinski definition) is 3. The second-order valence-corrected chi connectivity index (χ2v) is 12.4. The number of likely N-dealkylation sites (tertiary alicyclic amines) is 1. The maximum absolute atomic E-state index is 5.96. The van der Waals surface area contributed by atoms with Crippen molar-refractivity contribution in [1.82, 2.24) is 4.90 Å². The van der Waals surface area contributed by atoms with E-state index in [2.05, 4.69) is 71.5 Å². The number of piperidine rings is 1. The van der Waals surface area contributed by atoms with Gasteiger partial charge in [-0.25, -0.2) is 4.99 Å². The van der Waals surface area contributed by atoms with Crippen LogP contribution < -0.4 is 21.0 Å². The summed E-state index contributed by atoms with van der Waals surface area (Å²) < 4.78 is 0. The smallest absolute Gasteiger partial charge is 0.0716 e. The van der Waals surface area contributed by atoms with Crippen molar-refractivity contribution < 1.29 is 0 Å². The van der Waals surface area contributed by atoms with E-state index in [0.29, 0.717) is 18.4 Å². The number of aliphatic imine (C=N–C) groups is 1. The van der Waals surface area contributed by atoms with Gasteiger partial charge in [0.25, 0.3) is 0 Å². The summed E-state index contributed by atoms with van der Waals surface area (Å²) in [5.74, 6) is 3.72. The van der Waals surface area contributed by atoms with Gasteiger partial charge in [0.05, 0.1) is 23.3 Å². The maximum atomic E-state index is 5.96. The van der Waals surface area contributed by atoms with Crippen LogP contribution in [0.5, 0.6) is 0 Å². The van der Waals surface area contributed by atoms with Gasteiger partial charge in [-0.05, 0) is 120 Å². The minimum absolute atomic E-state index is 0.307. The van der Waals surface area contributed by atoms with Crippen LogP contribution in [0.3, 0.4) is 0 Å². The standard InChI is InChI=1S/C39H36N3/c1-2-10-26-15-16-32-33(39(26)37-24-36-34(25-40-37)30-13-6-7-14-35(30)41-36)18-17-31-29-12-5-4-11-27(29)23-28(38(31)32)19-22-42-20-8-3-9-21-42/h1,4-5,7,11-14,17-18,23-24,26,28H,3,8-10,15-16,19-22,25H2. The third-order valence-corrected chi connectivity index (χ3v) is 10.0. The Morgan fingerprint density at radius 3 is 2.76 bits per heavy atom. The van der Waals surface area contributed by atoms with Crippen LogP contribution in [0.4, 0.5) is 0 Å². The van der Waals surface area contributed by atoms with E-state index in [4.69, 9.17) is 16.4 Å². The fourth-order valence-corrected chi connectivity index (χ4v) is 8.03. The topological polar surface area (TPSA) is 28.0 Å². The normalized spacial score (nSPS) is 22.3. The summed E-state index contributed by atoms with van der Waals surface area (Å²) in [5.41, 5.74) is 7.72. The van der Waals surface area contributed by atoms with Crippen molar-refractivity contribution in [3.05, 3.63) is 115 Å². The lowest BCUT2D eigenvalue weighted by atomic mass is 9.75. The van der Waals surface area contributed by atoms with Crippen molar-refractivity contribution in [2.75, 3.05) is 26.2 Å². The molecule has 2 unspecified atom stereocenters. The molecule has 1 saturated heterocycles. The Morgan fingerprint density at radius 2 is 1.86 bits per heavy atom. The van der Waals surface area contributed by atoms with Crippen LogP contribution >= 0.6 is 0 Å². The Hall–Kier alpha value is -4.00. The van der Waals surface area contributed by atoms with E-state index in [1.807, 2.05) is 12.1 Å². The first-order chi connectivity index (χ1) is 20.8. The van der Waals surface area contributed by atoms with Gasteiger partial charge in [0.2, 0.25) is 0 Å². The molecule has 3 heterocycles. The van der Waals surface area contributed by atoms with Gasteiger partial charge in [-0.15, -0.1) is 12.3 Å². The molecular weight excluding hydrogens is 510 g/mol. The highest BCUT2D eigenvalue weighted by Gasteiger charge is 2.30. The molecular formula is C39H36N3. The van der Waals surface area contributed by atoms with Crippen molar-refractivity contribution in [3.63, 3.8) is 0 Å². The SMILES string of the molecule is C#CCC1CCc2c3c(ccc2=C1C1=NCC2=c4c[c]ccc4=NC2=C1)=c1ccccc1=CC3CCN1CCCCC1. The van der Waals surface area contributed by atoms with Crippen LogP contribution in [0, 0.1) is 34.8 Å². The lowest BCUT2D eigenvalue weighted by Crippen LogP contribution is -2.33. The highest BCUT2D eigenvalue weighted by atomic mass is 15.1. The maximum Gasteiger partial charge on any atom is 0.0716 e. The van der Waals surface area contributed by atoms with E-state index in [9.17, 15) is 0 Å². The predicted octanol–water partition coefficient (Wildman–Crippen LogP) is 4.09. The van der Waals surface area contributed by atoms with Gasteiger partial charge in [0.1, 0.15) is 0 Å². The second-order valence-electron chi connectivity index (χ2n) is 12.4. The molecule has 3 aliphatic heterocycles. The number of dihydropyridines is 1. The summed E-state index contributed by atoms with van der Waals surface area (Å²) in [6.07, 6.45) is 18.8. The molecule has 0 aromatic heterocycles. The zero-order valence-corrected chi connectivity index (χ0v) is 24.2. The van der Waals surface area contributed by atoms with Crippen molar-refractivity contribution in [1.29, 1.82) is 0 Å². The summed E-state index contributed by atoms with van der Waals surface area (Å²) in [5, 5.41) is 7.72. The number of allylic oxidation sites excluding steroid dienone is 1. The Labute approximate surface area is 247 Å². The van der Waals surface area contributed by atoms with Crippen molar-refractivity contribution >= 4 is 22.9 Å². The van der Waals surface area contributed by atoms with E-state index in [1.165, 1.54) is 88.1 Å². The molecule has 5 aliphatic rings. The van der Waals surface area contributed by atoms with Gasteiger partial charge in [-0.1, -0.05) is 55.0 Å². The zero-order valence-electron chi connectivity index (χ0n) is 24.2. The van der Waals surface area contributed by atoms with Crippen LogP contribution in [0.2, 0.25) is 0 Å². The van der Waals surface area contributed by atoms with E-state index in [-0.39, 0.29) is 0 Å². The molecule has 0 saturated carbocycles. The molecule has 0 bridgehead atoms. The number of terminal acetylenes is 1. The molecule has 3 aromatic carbocycles. The van der Waals surface area contributed by atoms with E-state index in [0.717, 1.165) is 36.0 Å². The molecule has 0 spiro atoms. The van der Waals surface area contributed by atoms with E-state index in [1.54, 1.807) is 5.56 Å². The molecule has 42 heavy (non-hydrogen) atoms. The minimum atomic E-state index is 0.307. The summed E-state index contributed by atoms with van der Waals surface area (Å²) in [6.45, 7) is 4.31. The van der Waals surface area contributed by atoms with E-state index >= 15 is 0 Å². The number of benzene rings is 3. The first-order valence-electron chi connectivity index (χ1n) is 15.8. The number of hydrogen-bond donors (Lipinski definition) is 0. The fourth-order valence-electron chi connectivity index (χ4n) is 8.03. The highest BCUT2D eigenvalue weighted by Crippen LogP contribution is 2.35. The largest absolute Gasteiger partial charge is 0.303 e. The van der Waals surface area contributed by atoms with Gasteiger partial charge >= 0.3 is 0 Å². The third-order valence-electron chi connectivity index (χ3n) is 10.0. The molecule has 8 rings (SSSR count). The van der Waals surface area contributed by atoms with Crippen molar-refractivity contribution in [3.8, 4) is 12.3 Å². The molecule has 2 aliphatic carbocycles. The molecule has 1 fully saturated rings. The lowest BCUT2D eigenvalue weighted by molar-refractivity contribution is 0.224. The quantitative estimate of drug-likeness (QED) is 0.443. The molecule has 3 aromatic rings. The van der Waals surface area contributed by atoms with Crippen molar-refractivity contribution in [2.24, 2.45) is 15.9 Å². The van der Waals surface area contributed by atoms with Gasteiger partial charge in [0, 0.05) is 23.1 Å². The summed E-state index contributed by atoms with van der Waals surface area (Å²) in [6, 6.07) is 23.0. The summed E-state index contributed by atoms with van der Waals surface area (Å²) in [4.78, 5) is 12.9. The van der Waals surface area contributed by atoms with Crippen LogP contribution in [-0.2, 0) is 6.42 Å². The van der Waals surface area contributed by atoms with Crippen LogP contribution in [0.15, 0.2) is 76.4 Å². The molecule has 0 N–H and O–H groups in total. The molecule has 3 heteroatoms. The van der Waals surface area contributed by atoms with Gasteiger partial charge < -0.3 is 4.90 Å². The van der Waals surface area contributed by atoms with Gasteiger partial charge in [0.15, 0.2) is 0 Å². The molecule has 3 nitrogen and oxygen atoms in total. The number of rotatable bonds is 5. The van der Waals surface area contributed by atoms with Gasteiger partial charge in [-0.3, -0.25) is 4.99 Å². The average Bonchev–Trinajstić information content (AvgIpc) is 3.41. The Morgan fingerprint density at radius 1 is 0.976 bits per heavy atom. The Bertz CT molecular complexity index is 2050. The predicted molar refractivity (Wildman–Crippen MR) is 170 cm³/mol. The highest BCUT2D eigenvalue weighted by molar-refractivity contribution is 6.27.